The Morgan fingerprint density at radius 2 is 2.47 bits per heavy atom. The lowest BCUT2D eigenvalue weighted by Crippen LogP contribution is -2.15. The summed E-state index contributed by atoms with van der Waals surface area (Å²) in [6, 6.07) is 0. The zero-order valence-electron chi connectivity index (χ0n) is 8.15. The molecule has 0 radical (unpaired) electrons. The number of nitrogens with one attached hydrogen (secondary N) is 1. The van der Waals surface area contributed by atoms with Crippen LogP contribution in [-0.2, 0) is 17.6 Å². The molecule has 0 bridgehead atoms. The number of anilines is 1. The molecule has 0 aromatic carbocycles. The normalized spacial score (nSPS) is 13.7. The number of aliphatic hydroxyl groups excluding tert-OH is 1. The highest BCUT2D eigenvalue weighted by atomic mass is 32.1. The van der Waals surface area contributed by atoms with Gasteiger partial charge in [0, 0.05) is 4.88 Å². The maximum Gasteiger partial charge on any atom is 0.413 e. The lowest BCUT2D eigenvalue weighted by atomic mass is 10.4. The molecular formula is C9H12N2O3S. The van der Waals surface area contributed by atoms with Crippen molar-refractivity contribution in [3.05, 3.63) is 10.6 Å². The number of fused-ring (bicyclic) bond motifs is 1. The van der Waals surface area contributed by atoms with Crippen LogP contribution >= 0.6 is 11.3 Å². The number of hydrogen-bond donors (Lipinski definition) is 2. The summed E-state index contributed by atoms with van der Waals surface area (Å²) in [5.41, 5.74) is 1.09. The fraction of sp³-hybridized carbons (Fsp3) is 0.556. The second-order valence-electron chi connectivity index (χ2n) is 3.23. The highest BCUT2D eigenvalue weighted by Gasteiger charge is 2.17. The minimum Gasteiger partial charge on any atom is -0.447 e. The molecule has 0 saturated heterocycles. The molecule has 0 fully saturated rings. The molecule has 1 heterocycles. The largest absolute Gasteiger partial charge is 0.447 e. The summed E-state index contributed by atoms with van der Waals surface area (Å²) in [5, 5.41) is 11.6. The number of aryl methyl sites for hydroxylation is 2. The molecule has 5 nitrogen and oxygen atoms in total. The zero-order valence-corrected chi connectivity index (χ0v) is 8.97. The van der Waals surface area contributed by atoms with Crippen molar-refractivity contribution in [1.82, 2.24) is 4.98 Å². The Kier molecular flexibility index (Phi) is 3.17. The highest BCUT2D eigenvalue weighted by Crippen LogP contribution is 2.30. The predicted octanol–water partition coefficient (Wildman–Crippen LogP) is 1.17. The van der Waals surface area contributed by atoms with E-state index in [1.807, 2.05) is 0 Å². The molecule has 1 aliphatic rings. The molecule has 0 spiro atoms. The molecule has 1 amide bonds. The quantitative estimate of drug-likeness (QED) is 0.814. The molecule has 15 heavy (non-hydrogen) atoms. The molecule has 2 N–H and O–H groups in total. The predicted molar refractivity (Wildman–Crippen MR) is 56.2 cm³/mol. The number of carbonyl (C=O) groups is 1. The first-order chi connectivity index (χ1) is 7.29. The number of aromatic nitrogens is 1. The summed E-state index contributed by atoms with van der Waals surface area (Å²) >= 11 is 1.50. The summed E-state index contributed by atoms with van der Waals surface area (Å²) in [7, 11) is 0. The van der Waals surface area contributed by atoms with Crippen molar-refractivity contribution in [2.24, 2.45) is 0 Å². The van der Waals surface area contributed by atoms with Gasteiger partial charge in [-0.1, -0.05) is 0 Å². The van der Waals surface area contributed by atoms with Gasteiger partial charge in [-0.15, -0.1) is 11.3 Å². The van der Waals surface area contributed by atoms with Crippen molar-refractivity contribution in [2.45, 2.75) is 19.3 Å². The monoisotopic (exact) mass is 228 g/mol. The molecular weight excluding hydrogens is 216 g/mol. The Morgan fingerprint density at radius 1 is 1.60 bits per heavy atom. The number of carbonyl (C=O) groups excluding carboxylic acids is 1. The van der Waals surface area contributed by atoms with Crippen molar-refractivity contribution < 1.29 is 14.6 Å². The Labute approximate surface area is 91.1 Å². The van der Waals surface area contributed by atoms with E-state index in [1.165, 1.54) is 16.2 Å². The van der Waals surface area contributed by atoms with Crippen LogP contribution in [0.3, 0.4) is 0 Å². The first kappa shape index (κ1) is 10.4. The molecule has 0 atom stereocenters. The number of amides is 1. The van der Waals surface area contributed by atoms with Gasteiger partial charge in [0.2, 0.25) is 0 Å². The third kappa shape index (κ3) is 2.45. The number of thiazole rings is 1. The summed E-state index contributed by atoms with van der Waals surface area (Å²) in [6.45, 7) is -0.154. The van der Waals surface area contributed by atoms with Gasteiger partial charge in [0.25, 0.3) is 0 Å². The minimum absolute atomic E-state index is 0.0108. The first-order valence-electron chi connectivity index (χ1n) is 4.83. The maximum absolute atomic E-state index is 11.1. The van der Waals surface area contributed by atoms with E-state index >= 15 is 0 Å². The van der Waals surface area contributed by atoms with Gasteiger partial charge >= 0.3 is 6.09 Å². The van der Waals surface area contributed by atoms with Crippen LogP contribution in [-0.4, -0.2) is 29.4 Å². The fourth-order valence-corrected chi connectivity index (χ4v) is 2.54. The smallest absolute Gasteiger partial charge is 0.413 e. The number of nitrogens with zero attached hydrogens (tertiary/aromatic N) is 1. The van der Waals surface area contributed by atoms with Gasteiger partial charge in [-0.25, -0.2) is 9.78 Å². The molecule has 2 rings (SSSR count). The van der Waals surface area contributed by atoms with Crippen LogP contribution in [0.1, 0.15) is 17.0 Å². The van der Waals surface area contributed by atoms with Gasteiger partial charge in [0.1, 0.15) is 6.61 Å². The van der Waals surface area contributed by atoms with Crippen LogP contribution in [0.5, 0.6) is 0 Å². The Bertz CT molecular complexity index is 343. The standard InChI is InChI=1S/C9H12N2O3S/c12-4-5-14-9(13)11-8-10-6-2-1-3-7(6)15-8/h12H,1-5H2,(H,10,11,13). The van der Waals surface area contributed by atoms with Crippen LogP contribution in [0, 0.1) is 0 Å². The maximum atomic E-state index is 11.1. The number of ether oxygens (including phenoxy) is 1. The second-order valence-corrected chi connectivity index (χ2v) is 4.31. The molecule has 1 aromatic heterocycles. The van der Waals surface area contributed by atoms with Gasteiger partial charge in [-0.2, -0.15) is 0 Å². The van der Waals surface area contributed by atoms with Crippen molar-refractivity contribution in [2.75, 3.05) is 18.5 Å². The molecule has 6 heteroatoms. The average molecular weight is 228 g/mol. The van der Waals surface area contributed by atoms with E-state index in [-0.39, 0.29) is 13.2 Å². The van der Waals surface area contributed by atoms with Crippen molar-refractivity contribution >= 4 is 22.6 Å². The van der Waals surface area contributed by atoms with Crippen molar-refractivity contribution in [3.8, 4) is 0 Å². The molecule has 1 aromatic rings. The van der Waals surface area contributed by atoms with Crippen LogP contribution in [0.15, 0.2) is 0 Å². The topological polar surface area (TPSA) is 71.5 Å². The SMILES string of the molecule is O=C(Nc1nc2c(s1)CCC2)OCCO. The summed E-state index contributed by atoms with van der Waals surface area (Å²) in [4.78, 5) is 16.7. The van der Waals surface area contributed by atoms with Gasteiger partial charge in [-0.05, 0) is 19.3 Å². The molecule has 1 aliphatic carbocycles. The lowest BCUT2D eigenvalue weighted by molar-refractivity contribution is 0.131. The number of aliphatic hydroxyl groups is 1. The van der Waals surface area contributed by atoms with E-state index in [1.54, 1.807) is 0 Å². The molecule has 0 aliphatic heterocycles. The van der Waals surface area contributed by atoms with Crippen molar-refractivity contribution in [1.29, 1.82) is 0 Å². The van der Waals surface area contributed by atoms with Crippen LogP contribution < -0.4 is 5.32 Å². The van der Waals surface area contributed by atoms with Crippen LogP contribution in [0.25, 0.3) is 0 Å². The zero-order chi connectivity index (χ0) is 10.7. The van der Waals surface area contributed by atoms with Crippen LogP contribution in [0.2, 0.25) is 0 Å². The van der Waals surface area contributed by atoms with E-state index in [0.29, 0.717) is 5.13 Å². The fourth-order valence-electron chi connectivity index (χ4n) is 1.51. The highest BCUT2D eigenvalue weighted by molar-refractivity contribution is 7.15. The van der Waals surface area contributed by atoms with Gasteiger partial charge in [0.05, 0.1) is 12.3 Å². The minimum atomic E-state index is -0.559. The Morgan fingerprint density at radius 3 is 3.20 bits per heavy atom. The van der Waals surface area contributed by atoms with E-state index in [9.17, 15) is 4.79 Å². The van der Waals surface area contributed by atoms with Gasteiger partial charge in [0.15, 0.2) is 5.13 Å². The van der Waals surface area contributed by atoms with Crippen molar-refractivity contribution in [3.63, 3.8) is 0 Å². The third-order valence-electron chi connectivity index (χ3n) is 2.13. The molecule has 0 saturated carbocycles. The van der Waals surface area contributed by atoms with E-state index in [0.717, 1.165) is 25.0 Å². The van der Waals surface area contributed by atoms with E-state index in [2.05, 4.69) is 15.0 Å². The Balaban J connectivity index is 1.90. The first-order valence-corrected chi connectivity index (χ1v) is 5.64. The number of hydrogen-bond acceptors (Lipinski definition) is 5. The van der Waals surface area contributed by atoms with Crippen LogP contribution in [0.4, 0.5) is 9.93 Å². The summed E-state index contributed by atoms with van der Waals surface area (Å²) in [6.07, 6.45) is 2.65. The Hall–Kier alpha value is -1.14. The number of rotatable bonds is 3. The van der Waals surface area contributed by atoms with Gasteiger partial charge in [-0.3, -0.25) is 5.32 Å². The summed E-state index contributed by atoms with van der Waals surface area (Å²) in [5.74, 6) is 0. The third-order valence-corrected chi connectivity index (χ3v) is 3.20. The second kappa shape index (κ2) is 4.59. The molecule has 82 valence electrons. The summed E-state index contributed by atoms with van der Waals surface area (Å²) < 4.78 is 4.66. The van der Waals surface area contributed by atoms with Gasteiger partial charge < -0.3 is 9.84 Å². The average Bonchev–Trinajstić information content (AvgIpc) is 2.74. The van der Waals surface area contributed by atoms with E-state index in [4.69, 9.17) is 5.11 Å². The lowest BCUT2D eigenvalue weighted by Gasteiger charge is -2.01. The van der Waals surface area contributed by atoms with E-state index < -0.39 is 6.09 Å². The molecule has 0 unspecified atom stereocenters.